The second kappa shape index (κ2) is 10.0. The summed E-state index contributed by atoms with van der Waals surface area (Å²) in [6.45, 7) is 1.89. The first-order valence-electron chi connectivity index (χ1n) is 10.7. The van der Waals surface area contributed by atoms with Gasteiger partial charge in [-0.3, -0.25) is 0 Å². The van der Waals surface area contributed by atoms with Crippen molar-refractivity contribution in [3.63, 3.8) is 0 Å². The molecule has 3 rings (SSSR count). The van der Waals surface area contributed by atoms with E-state index in [4.69, 9.17) is 0 Å². The Labute approximate surface area is 183 Å². The summed E-state index contributed by atoms with van der Waals surface area (Å²) >= 11 is 0. The van der Waals surface area contributed by atoms with E-state index in [-0.39, 0.29) is 17.0 Å². The van der Waals surface area contributed by atoms with Crippen molar-refractivity contribution in [1.29, 1.82) is 0 Å². The van der Waals surface area contributed by atoms with Gasteiger partial charge < -0.3 is 9.47 Å². The first-order chi connectivity index (χ1) is 15.1. The quantitative estimate of drug-likeness (QED) is 0.376. The number of halogens is 6. The molecule has 176 valence electrons. The maximum atomic E-state index is 14.6. The summed E-state index contributed by atoms with van der Waals surface area (Å²) in [4.78, 5) is 0. The fraction of sp³-hybridized carbons (Fsp3) is 0.500. The van der Waals surface area contributed by atoms with Crippen molar-refractivity contribution in [2.75, 3.05) is 6.61 Å². The molecule has 0 aliphatic heterocycles. The van der Waals surface area contributed by atoms with Crippen molar-refractivity contribution < 1.29 is 35.8 Å². The Morgan fingerprint density at radius 1 is 0.844 bits per heavy atom. The van der Waals surface area contributed by atoms with Gasteiger partial charge >= 0.3 is 6.11 Å². The molecule has 1 saturated carbocycles. The molecule has 0 radical (unpaired) electrons. The predicted molar refractivity (Wildman–Crippen MR) is 108 cm³/mol. The topological polar surface area (TPSA) is 18.5 Å². The third-order valence-electron chi connectivity index (χ3n) is 5.96. The zero-order valence-corrected chi connectivity index (χ0v) is 18.0. The van der Waals surface area contributed by atoms with Crippen LogP contribution in [0.15, 0.2) is 24.3 Å². The minimum Gasteiger partial charge on any atom is -0.480 e. The molecule has 2 aromatic carbocycles. The van der Waals surface area contributed by atoms with E-state index < -0.39 is 47.5 Å². The van der Waals surface area contributed by atoms with Crippen LogP contribution in [0.4, 0.5) is 26.3 Å². The molecule has 2 aromatic rings. The van der Waals surface area contributed by atoms with Crippen molar-refractivity contribution in [2.24, 2.45) is 5.92 Å². The summed E-state index contributed by atoms with van der Waals surface area (Å²) in [7, 11) is 0. The molecule has 0 amide bonds. The van der Waals surface area contributed by atoms with Crippen LogP contribution in [0.25, 0.3) is 0 Å². The van der Waals surface area contributed by atoms with Gasteiger partial charge in [0.05, 0.1) is 0 Å². The van der Waals surface area contributed by atoms with Gasteiger partial charge in [0.25, 0.3) is 0 Å². The lowest BCUT2D eigenvalue weighted by Gasteiger charge is -2.29. The van der Waals surface area contributed by atoms with E-state index in [1.807, 2.05) is 0 Å². The molecular weight excluding hydrogens is 434 g/mol. The smallest absolute Gasteiger partial charge is 0.433 e. The van der Waals surface area contributed by atoms with Crippen molar-refractivity contribution in [3.05, 3.63) is 58.7 Å². The lowest BCUT2D eigenvalue weighted by atomic mass is 9.77. The summed E-state index contributed by atoms with van der Waals surface area (Å²) in [6, 6.07) is 4.39. The maximum Gasteiger partial charge on any atom is 0.433 e. The molecule has 1 aliphatic carbocycles. The number of benzene rings is 2. The number of alkyl halides is 2. The zero-order chi connectivity index (χ0) is 23.5. The number of rotatable bonds is 8. The van der Waals surface area contributed by atoms with E-state index >= 15 is 0 Å². The normalized spacial score (nSPS) is 19.1. The van der Waals surface area contributed by atoms with Crippen LogP contribution in [0.3, 0.4) is 0 Å². The average Bonchev–Trinajstić information content (AvgIpc) is 2.76. The second-order valence-electron chi connectivity index (χ2n) is 8.32. The number of hydrogen-bond donors (Lipinski definition) is 0. The van der Waals surface area contributed by atoms with Gasteiger partial charge in [-0.2, -0.15) is 17.6 Å². The van der Waals surface area contributed by atoms with Crippen LogP contribution in [0.2, 0.25) is 0 Å². The molecular formula is C24H26F6O2. The van der Waals surface area contributed by atoms with Gasteiger partial charge in [0, 0.05) is 0 Å². The molecule has 0 heterocycles. The van der Waals surface area contributed by atoms with Crippen LogP contribution in [0, 0.1) is 36.1 Å². The maximum absolute atomic E-state index is 14.6. The van der Waals surface area contributed by atoms with Gasteiger partial charge in [0.15, 0.2) is 29.7 Å². The minimum absolute atomic E-state index is 0.0191. The SMILES string of the molecule is CCCC1CCC(c2ccc(OC(F)(F)COc3ccc(C)c(F)c3F)c(F)c2F)CC1. The summed E-state index contributed by atoms with van der Waals surface area (Å²) < 4.78 is 93.7. The van der Waals surface area contributed by atoms with Crippen LogP contribution in [0.1, 0.15) is 62.5 Å². The first kappa shape index (κ1) is 24.3. The van der Waals surface area contributed by atoms with Crippen LogP contribution >= 0.6 is 0 Å². The fourth-order valence-electron chi connectivity index (χ4n) is 4.20. The molecule has 0 atom stereocenters. The first-order valence-corrected chi connectivity index (χ1v) is 10.7. The molecule has 0 spiro atoms. The highest BCUT2D eigenvalue weighted by molar-refractivity contribution is 5.34. The van der Waals surface area contributed by atoms with Gasteiger partial charge in [0.2, 0.25) is 11.6 Å². The molecule has 1 fully saturated rings. The van der Waals surface area contributed by atoms with Gasteiger partial charge in [-0.05, 0) is 67.7 Å². The Hall–Kier alpha value is -2.38. The molecule has 0 N–H and O–H groups in total. The van der Waals surface area contributed by atoms with Gasteiger partial charge in [-0.25, -0.2) is 8.78 Å². The molecule has 1 aliphatic rings. The standard InChI is InChI=1S/C24H26F6O2/c1-3-4-15-6-8-16(9-7-15)17-10-12-19(23(28)21(17)26)32-24(29,30)13-31-18-11-5-14(2)20(25)22(18)27/h5,10-12,15-16H,3-4,6-9,13H2,1-2H3. The molecule has 0 saturated heterocycles. The van der Waals surface area contributed by atoms with E-state index in [0.717, 1.165) is 43.9 Å². The Bertz CT molecular complexity index is 939. The Morgan fingerprint density at radius 3 is 2.12 bits per heavy atom. The van der Waals surface area contributed by atoms with Crippen LogP contribution in [0.5, 0.6) is 11.5 Å². The van der Waals surface area contributed by atoms with Crippen LogP contribution in [-0.2, 0) is 0 Å². The lowest BCUT2D eigenvalue weighted by molar-refractivity contribution is -0.197. The molecule has 0 bridgehead atoms. The molecule has 32 heavy (non-hydrogen) atoms. The van der Waals surface area contributed by atoms with Gasteiger partial charge in [0.1, 0.15) is 0 Å². The number of ether oxygens (including phenoxy) is 2. The highest BCUT2D eigenvalue weighted by atomic mass is 19.3. The van der Waals surface area contributed by atoms with E-state index in [1.165, 1.54) is 13.0 Å². The molecule has 0 unspecified atom stereocenters. The van der Waals surface area contributed by atoms with E-state index in [9.17, 15) is 26.3 Å². The lowest BCUT2D eigenvalue weighted by Crippen LogP contribution is -2.33. The minimum atomic E-state index is -4.11. The highest BCUT2D eigenvalue weighted by Crippen LogP contribution is 2.40. The molecule has 0 aromatic heterocycles. The predicted octanol–water partition coefficient (Wildman–Crippen LogP) is 7.68. The van der Waals surface area contributed by atoms with E-state index in [1.54, 1.807) is 0 Å². The van der Waals surface area contributed by atoms with Crippen LogP contribution < -0.4 is 9.47 Å². The zero-order valence-electron chi connectivity index (χ0n) is 18.0. The Kier molecular flexibility index (Phi) is 7.62. The van der Waals surface area contributed by atoms with Crippen molar-refractivity contribution in [1.82, 2.24) is 0 Å². The summed E-state index contributed by atoms with van der Waals surface area (Å²) in [5.41, 5.74) is 0.135. The molecule has 2 nitrogen and oxygen atoms in total. The van der Waals surface area contributed by atoms with E-state index in [0.29, 0.717) is 18.8 Å². The summed E-state index contributed by atoms with van der Waals surface area (Å²) in [5, 5.41) is 0. The second-order valence-corrected chi connectivity index (χ2v) is 8.32. The summed E-state index contributed by atoms with van der Waals surface area (Å²) in [5.74, 6) is -6.66. The molecule has 8 heteroatoms. The van der Waals surface area contributed by atoms with E-state index in [2.05, 4.69) is 16.4 Å². The van der Waals surface area contributed by atoms with Gasteiger partial charge in [-0.1, -0.05) is 31.9 Å². The monoisotopic (exact) mass is 460 g/mol. The average molecular weight is 460 g/mol. The third kappa shape index (κ3) is 5.51. The van der Waals surface area contributed by atoms with Crippen molar-refractivity contribution in [3.8, 4) is 11.5 Å². The van der Waals surface area contributed by atoms with Crippen molar-refractivity contribution in [2.45, 2.75) is 64.4 Å². The van der Waals surface area contributed by atoms with Gasteiger partial charge in [-0.15, -0.1) is 0 Å². The summed E-state index contributed by atoms with van der Waals surface area (Å²) in [6.07, 6.45) is 1.34. The Morgan fingerprint density at radius 2 is 1.47 bits per heavy atom. The van der Waals surface area contributed by atoms with Crippen molar-refractivity contribution >= 4 is 0 Å². The largest absolute Gasteiger partial charge is 0.480 e. The number of aryl methyl sites for hydroxylation is 1. The van der Waals surface area contributed by atoms with Crippen LogP contribution in [-0.4, -0.2) is 12.7 Å². The third-order valence-corrected chi connectivity index (χ3v) is 5.96. The number of hydrogen-bond acceptors (Lipinski definition) is 2. The highest BCUT2D eigenvalue weighted by Gasteiger charge is 2.36. The Balaban J connectivity index is 1.66. The fourth-order valence-corrected chi connectivity index (χ4v) is 4.20.